The fourth-order valence-corrected chi connectivity index (χ4v) is 4.60. The number of fused-ring (bicyclic) bond motifs is 1. The summed E-state index contributed by atoms with van der Waals surface area (Å²) in [6, 6.07) is 7.95. The van der Waals surface area contributed by atoms with Crippen LogP contribution in [0.4, 0.5) is 5.82 Å². The number of piperidine rings is 1. The zero-order valence-corrected chi connectivity index (χ0v) is 14.7. The number of nitrogens with zero attached hydrogens (tertiary/aromatic N) is 4. The maximum absolute atomic E-state index is 13.0. The first-order chi connectivity index (χ1) is 11.6. The van der Waals surface area contributed by atoms with Gasteiger partial charge in [-0.3, -0.25) is 4.79 Å². The van der Waals surface area contributed by atoms with Gasteiger partial charge in [0.25, 0.3) is 5.56 Å². The lowest BCUT2D eigenvalue weighted by atomic mass is 9.79. The molecule has 5 heteroatoms. The molecular formula is C19H26N4O. The quantitative estimate of drug-likeness (QED) is 0.849. The summed E-state index contributed by atoms with van der Waals surface area (Å²) in [5, 5.41) is 0. The van der Waals surface area contributed by atoms with Gasteiger partial charge in [0.15, 0.2) is 5.82 Å². The summed E-state index contributed by atoms with van der Waals surface area (Å²) in [7, 11) is 2.21. The molecule has 0 saturated carbocycles. The van der Waals surface area contributed by atoms with Gasteiger partial charge in [-0.05, 0) is 51.9 Å². The molecule has 2 fully saturated rings. The van der Waals surface area contributed by atoms with Crippen LogP contribution in [0.15, 0.2) is 29.1 Å². The molecule has 0 aliphatic carbocycles. The number of rotatable bonds is 2. The number of anilines is 1. The fraction of sp³-hybridized carbons (Fsp3) is 0.579. The Morgan fingerprint density at radius 3 is 2.79 bits per heavy atom. The van der Waals surface area contributed by atoms with Crippen LogP contribution in [0, 0.1) is 5.41 Å². The fourth-order valence-electron chi connectivity index (χ4n) is 4.60. The Bertz CT molecular complexity index is 815. The van der Waals surface area contributed by atoms with Crippen molar-refractivity contribution in [2.75, 3.05) is 38.1 Å². The van der Waals surface area contributed by atoms with Gasteiger partial charge < -0.3 is 14.4 Å². The molecule has 0 unspecified atom stereocenters. The number of likely N-dealkylation sites (tertiary alicyclic amines) is 1. The van der Waals surface area contributed by atoms with Gasteiger partial charge in [0.2, 0.25) is 0 Å². The van der Waals surface area contributed by atoms with Crippen molar-refractivity contribution in [3.05, 3.63) is 34.6 Å². The second-order valence-corrected chi connectivity index (χ2v) is 7.49. The smallest absolute Gasteiger partial charge is 0.293 e. The van der Waals surface area contributed by atoms with Crippen molar-refractivity contribution >= 4 is 16.9 Å². The Hall–Kier alpha value is -1.88. The second kappa shape index (κ2) is 5.88. The van der Waals surface area contributed by atoms with Crippen molar-refractivity contribution in [3.8, 4) is 0 Å². The summed E-state index contributed by atoms with van der Waals surface area (Å²) < 4.78 is 1.86. The molecule has 2 aliphatic rings. The number of hydrogen-bond donors (Lipinski definition) is 0. The molecule has 128 valence electrons. The van der Waals surface area contributed by atoms with Gasteiger partial charge in [0.1, 0.15) is 0 Å². The van der Waals surface area contributed by atoms with Crippen LogP contribution in [0.5, 0.6) is 0 Å². The summed E-state index contributed by atoms with van der Waals surface area (Å²) in [6.45, 7) is 6.94. The first-order valence-electron chi connectivity index (χ1n) is 9.05. The zero-order valence-electron chi connectivity index (χ0n) is 14.7. The summed E-state index contributed by atoms with van der Waals surface area (Å²) in [5.41, 5.74) is 2.23. The van der Waals surface area contributed by atoms with E-state index in [9.17, 15) is 4.79 Å². The summed E-state index contributed by atoms with van der Waals surface area (Å²) >= 11 is 0. The third kappa shape index (κ3) is 2.51. The lowest BCUT2D eigenvalue weighted by Crippen LogP contribution is -2.43. The lowest BCUT2D eigenvalue weighted by molar-refractivity contribution is 0.128. The van der Waals surface area contributed by atoms with E-state index in [-0.39, 0.29) is 5.56 Å². The Kier molecular flexibility index (Phi) is 3.83. The largest absolute Gasteiger partial charge is 0.351 e. The van der Waals surface area contributed by atoms with Gasteiger partial charge in [-0.25, -0.2) is 4.98 Å². The SMILES string of the molecule is CCn1c(=O)c(N2CC[C@]3(CCCN(C)C3)C2)nc2ccccc21. The normalized spacial score (nSPS) is 25.0. The van der Waals surface area contributed by atoms with E-state index in [0.717, 1.165) is 37.1 Å². The average Bonchev–Trinajstić information content (AvgIpc) is 2.97. The minimum Gasteiger partial charge on any atom is -0.351 e. The van der Waals surface area contributed by atoms with E-state index in [1.54, 1.807) is 0 Å². The molecule has 3 heterocycles. The molecule has 1 atom stereocenters. The number of hydrogen-bond acceptors (Lipinski definition) is 4. The van der Waals surface area contributed by atoms with Crippen molar-refractivity contribution in [2.45, 2.75) is 32.7 Å². The van der Waals surface area contributed by atoms with E-state index < -0.39 is 0 Å². The second-order valence-electron chi connectivity index (χ2n) is 7.49. The Labute approximate surface area is 142 Å². The third-order valence-electron chi connectivity index (χ3n) is 5.74. The van der Waals surface area contributed by atoms with Gasteiger partial charge in [-0.1, -0.05) is 12.1 Å². The van der Waals surface area contributed by atoms with E-state index in [0.29, 0.717) is 17.8 Å². The van der Waals surface area contributed by atoms with E-state index in [1.165, 1.54) is 19.4 Å². The molecule has 0 bridgehead atoms. The van der Waals surface area contributed by atoms with E-state index in [1.807, 2.05) is 35.8 Å². The minimum absolute atomic E-state index is 0.0532. The number of aryl methyl sites for hydroxylation is 1. The molecule has 1 aromatic heterocycles. The molecule has 0 radical (unpaired) electrons. The van der Waals surface area contributed by atoms with Crippen LogP contribution in [0.1, 0.15) is 26.2 Å². The minimum atomic E-state index is 0.0532. The first-order valence-corrected chi connectivity index (χ1v) is 9.05. The predicted molar refractivity (Wildman–Crippen MR) is 97.7 cm³/mol. The highest BCUT2D eigenvalue weighted by Gasteiger charge is 2.41. The van der Waals surface area contributed by atoms with E-state index >= 15 is 0 Å². The van der Waals surface area contributed by atoms with Crippen LogP contribution in [0.25, 0.3) is 11.0 Å². The van der Waals surface area contributed by atoms with Crippen LogP contribution in [0.2, 0.25) is 0 Å². The molecule has 0 amide bonds. The molecular weight excluding hydrogens is 300 g/mol. The summed E-state index contributed by atoms with van der Waals surface area (Å²) in [4.78, 5) is 22.4. The lowest BCUT2D eigenvalue weighted by Gasteiger charge is -2.38. The molecule has 0 N–H and O–H groups in total. The molecule has 1 spiro atoms. The molecule has 2 aliphatic heterocycles. The molecule has 4 rings (SSSR count). The van der Waals surface area contributed by atoms with Gasteiger partial charge in [-0.15, -0.1) is 0 Å². The Morgan fingerprint density at radius 1 is 1.17 bits per heavy atom. The van der Waals surface area contributed by atoms with Crippen LogP contribution >= 0.6 is 0 Å². The highest BCUT2D eigenvalue weighted by Crippen LogP contribution is 2.39. The molecule has 2 aromatic rings. The molecule has 24 heavy (non-hydrogen) atoms. The van der Waals surface area contributed by atoms with E-state index in [2.05, 4.69) is 16.8 Å². The molecule has 1 aromatic carbocycles. The summed E-state index contributed by atoms with van der Waals surface area (Å²) in [5.74, 6) is 0.639. The predicted octanol–water partition coefficient (Wildman–Crippen LogP) is 2.34. The highest BCUT2D eigenvalue weighted by molar-refractivity contribution is 5.76. The van der Waals surface area contributed by atoms with Crippen molar-refractivity contribution in [1.29, 1.82) is 0 Å². The van der Waals surface area contributed by atoms with E-state index in [4.69, 9.17) is 4.98 Å². The number of para-hydroxylation sites is 2. The third-order valence-corrected chi connectivity index (χ3v) is 5.74. The van der Waals surface area contributed by atoms with Crippen LogP contribution in [0.3, 0.4) is 0 Å². The van der Waals surface area contributed by atoms with Gasteiger partial charge in [0.05, 0.1) is 11.0 Å². The average molecular weight is 326 g/mol. The van der Waals surface area contributed by atoms with Crippen LogP contribution in [-0.4, -0.2) is 47.7 Å². The maximum Gasteiger partial charge on any atom is 0.293 e. The Balaban J connectivity index is 1.72. The number of aromatic nitrogens is 2. The summed E-state index contributed by atoms with van der Waals surface area (Å²) in [6.07, 6.45) is 3.69. The van der Waals surface area contributed by atoms with Crippen molar-refractivity contribution < 1.29 is 0 Å². The van der Waals surface area contributed by atoms with Crippen molar-refractivity contribution in [3.63, 3.8) is 0 Å². The monoisotopic (exact) mass is 326 g/mol. The molecule has 5 nitrogen and oxygen atoms in total. The first kappa shape index (κ1) is 15.6. The van der Waals surface area contributed by atoms with Crippen LogP contribution in [-0.2, 0) is 6.54 Å². The van der Waals surface area contributed by atoms with Gasteiger partial charge in [-0.2, -0.15) is 0 Å². The van der Waals surface area contributed by atoms with Crippen LogP contribution < -0.4 is 10.5 Å². The topological polar surface area (TPSA) is 41.4 Å². The van der Waals surface area contributed by atoms with Crippen molar-refractivity contribution in [1.82, 2.24) is 14.5 Å². The standard InChI is InChI=1S/C19H26N4O/c1-3-23-16-8-5-4-7-15(16)20-17(18(23)24)22-12-10-19(14-22)9-6-11-21(2)13-19/h4-5,7-8H,3,6,9-14H2,1-2H3/t19-/m0/s1. The van der Waals surface area contributed by atoms with Gasteiger partial charge in [0, 0.05) is 31.6 Å². The zero-order chi connectivity index (χ0) is 16.7. The highest BCUT2D eigenvalue weighted by atomic mass is 16.1. The number of benzene rings is 1. The van der Waals surface area contributed by atoms with Gasteiger partial charge >= 0.3 is 0 Å². The maximum atomic E-state index is 13.0. The van der Waals surface area contributed by atoms with Crippen molar-refractivity contribution in [2.24, 2.45) is 5.41 Å². The Morgan fingerprint density at radius 2 is 2.00 bits per heavy atom. The molecule has 2 saturated heterocycles.